The van der Waals surface area contributed by atoms with E-state index in [4.69, 9.17) is 0 Å². The number of carbonyl (C=O) groups is 2. The molecule has 1 fully saturated rings. The van der Waals surface area contributed by atoms with Gasteiger partial charge in [-0.05, 0) is 37.2 Å². The smallest absolute Gasteiger partial charge is 0.329 e. The molecule has 0 atom stereocenters. The molecule has 2 N–H and O–H groups in total. The normalized spacial score (nSPS) is 23.5. The maximum atomic E-state index is 12.0. The molecule has 1 aliphatic heterocycles. The molecule has 0 aromatic heterocycles. The summed E-state index contributed by atoms with van der Waals surface area (Å²) in [6.45, 7) is 0. The third-order valence-electron chi connectivity index (χ3n) is 3.50. The number of thioether (sulfide) groups is 1. The molecule has 2 rings (SSSR count). The first-order valence-electron chi connectivity index (χ1n) is 5.92. The van der Waals surface area contributed by atoms with Crippen molar-refractivity contribution < 1.29 is 14.7 Å². The van der Waals surface area contributed by atoms with Gasteiger partial charge in [0.2, 0.25) is 5.91 Å². The first-order valence-corrected chi connectivity index (χ1v) is 7.08. The van der Waals surface area contributed by atoms with Crippen molar-refractivity contribution in [2.45, 2.75) is 31.2 Å². The minimum Gasteiger partial charge on any atom is -0.480 e. The molecule has 0 spiro atoms. The van der Waals surface area contributed by atoms with E-state index in [9.17, 15) is 14.7 Å². The zero-order valence-corrected chi connectivity index (χ0v) is 10.5. The van der Waals surface area contributed by atoms with Crippen LogP contribution in [0.5, 0.6) is 0 Å². The Morgan fingerprint density at radius 1 is 1.24 bits per heavy atom. The Morgan fingerprint density at radius 3 is 2.35 bits per heavy atom. The molecule has 1 amide bonds. The van der Waals surface area contributed by atoms with Crippen molar-refractivity contribution >= 4 is 23.6 Å². The number of aliphatic carboxylic acids is 1. The number of amides is 1. The van der Waals surface area contributed by atoms with E-state index in [0.717, 1.165) is 24.3 Å². The average Bonchev–Trinajstić information content (AvgIpc) is 2.83. The van der Waals surface area contributed by atoms with Crippen LogP contribution in [-0.4, -0.2) is 34.0 Å². The Bertz CT molecular complexity index is 340. The van der Waals surface area contributed by atoms with E-state index < -0.39 is 11.5 Å². The number of hydrogen-bond acceptors (Lipinski definition) is 3. The predicted octanol–water partition coefficient (Wildman–Crippen LogP) is 1.42. The molecule has 0 radical (unpaired) electrons. The van der Waals surface area contributed by atoms with Gasteiger partial charge in [0.1, 0.15) is 5.54 Å². The third-order valence-corrected chi connectivity index (χ3v) is 4.48. The monoisotopic (exact) mass is 255 g/mol. The number of carboxylic acids is 1. The molecular formula is C12H17NO3S. The van der Waals surface area contributed by atoms with E-state index in [-0.39, 0.29) is 11.8 Å². The molecule has 1 heterocycles. The molecule has 0 aromatic carbocycles. The van der Waals surface area contributed by atoms with E-state index in [1.54, 1.807) is 11.8 Å². The second-order valence-corrected chi connectivity index (χ2v) is 5.85. The van der Waals surface area contributed by atoms with Crippen molar-refractivity contribution in [1.29, 1.82) is 0 Å². The van der Waals surface area contributed by atoms with Crippen LogP contribution in [-0.2, 0) is 9.59 Å². The minimum atomic E-state index is -1.02. The Kier molecular flexibility index (Phi) is 3.76. The SMILES string of the molecule is O=C(NC1(C(=O)O)CCSCC1)C1CC=CC1. The van der Waals surface area contributed by atoms with Crippen molar-refractivity contribution in [3.05, 3.63) is 12.2 Å². The van der Waals surface area contributed by atoms with Gasteiger partial charge in [-0.2, -0.15) is 11.8 Å². The Balaban J connectivity index is 2.02. The Morgan fingerprint density at radius 2 is 1.82 bits per heavy atom. The zero-order valence-electron chi connectivity index (χ0n) is 9.65. The molecule has 94 valence electrons. The Hall–Kier alpha value is -0.970. The summed E-state index contributed by atoms with van der Waals surface area (Å²) in [5, 5.41) is 12.1. The van der Waals surface area contributed by atoms with E-state index in [2.05, 4.69) is 5.32 Å². The fraction of sp³-hybridized carbons (Fsp3) is 0.667. The summed E-state index contributed by atoms with van der Waals surface area (Å²) in [5.74, 6) is 0.535. The van der Waals surface area contributed by atoms with Crippen LogP contribution in [0, 0.1) is 5.92 Å². The lowest BCUT2D eigenvalue weighted by Crippen LogP contribution is -2.57. The van der Waals surface area contributed by atoms with Gasteiger partial charge in [-0.3, -0.25) is 4.79 Å². The largest absolute Gasteiger partial charge is 0.480 e. The summed E-state index contributed by atoms with van der Waals surface area (Å²) >= 11 is 1.75. The number of allylic oxidation sites excluding steroid dienone is 2. The highest BCUT2D eigenvalue weighted by Crippen LogP contribution is 2.28. The molecule has 4 nitrogen and oxygen atoms in total. The molecule has 0 unspecified atom stereocenters. The number of carboxylic acid groups (broad SMARTS) is 1. The van der Waals surface area contributed by atoms with Crippen LogP contribution in [0.4, 0.5) is 0 Å². The van der Waals surface area contributed by atoms with E-state index in [0.29, 0.717) is 12.8 Å². The van der Waals surface area contributed by atoms with Crippen molar-refractivity contribution in [2.24, 2.45) is 5.92 Å². The van der Waals surface area contributed by atoms with E-state index >= 15 is 0 Å². The Labute approximate surface area is 105 Å². The van der Waals surface area contributed by atoms with Crippen molar-refractivity contribution in [2.75, 3.05) is 11.5 Å². The maximum Gasteiger partial charge on any atom is 0.329 e. The predicted molar refractivity (Wildman–Crippen MR) is 66.9 cm³/mol. The fourth-order valence-corrected chi connectivity index (χ4v) is 3.47. The topological polar surface area (TPSA) is 66.4 Å². The number of carbonyl (C=O) groups excluding carboxylic acids is 1. The summed E-state index contributed by atoms with van der Waals surface area (Å²) < 4.78 is 0. The average molecular weight is 255 g/mol. The van der Waals surface area contributed by atoms with Crippen molar-refractivity contribution in [3.8, 4) is 0 Å². The molecule has 1 aliphatic carbocycles. The molecule has 0 saturated carbocycles. The summed E-state index contributed by atoms with van der Waals surface area (Å²) in [6.07, 6.45) is 6.48. The van der Waals surface area contributed by atoms with Gasteiger partial charge in [-0.1, -0.05) is 12.2 Å². The number of nitrogens with one attached hydrogen (secondary N) is 1. The van der Waals surface area contributed by atoms with E-state index in [1.165, 1.54) is 0 Å². The molecule has 1 saturated heterocycles. The van der Waals surface area contributed by atoms with Crippen LogP contribution in [0.15, 0.2) is 12.2 Å². The van der Waals surface area contributed by atoms with Crippen LogP contribution in [0.2, 0.25) is 0 Å². The van der Waals surface area contributed by atoms with Gasteiger partial charge in [-0.25, -0.2) is 4.79 Å². The molecule has 2 aliphatic rings. The zero-order chi connectivity index (χ0) is 12.3. The summed E-state index contributed by atoms with van der Waals surface area (Å²) in [7, 11) is 0. The third kappa shape index (κ3) is 2.65. The highest BCUT2D eigenvalue weighted by Gasteiger charge is 2.42. The highest BCUT2D eigenvalue weighted by atomic mass is 32.2. The second kappa shape index (κ2) is 5.12. The lowest BCUT2D eigenvalue weighted by atomic mass is 9.91. The molecule has 0 aromatic rings. The quantitative estimate of drug-likeness (QED) is 0.748. The van der Waals surface area contributed by atoms with Crippen molar-refractivity contribution in [3.63, 3.8) is 0 Å². The van der Waals surface area contributed by atoms with Crippen molar-refractivity contribution in [1.82, 2.24) is 5.32 Å². The van der Waals surface area contributed by atoms with Crippen LogP contribution < -0.4 is 5.32 Å². The van der Waals surface area contributed by atoms with Crippen LogP contribution in [0.3, 0.4) is 0 Å². The van der Waals surface area contributed by atoms with Gasteiger partial charge in [0.15, 0.2) is 0 Å². The first kappa shape index (κ1) is 12.5. The maximum absolute atomic E-state index is 12.0. The number of hydrogen-bond donors (Lipinski definition) is 2. The lowest BCUT2D eigenvalue weighted by Gasteiger charge is -2.34. The van der Waals surface area contributed by atoms with Crippen LogP contribution >= 0.6 is 11.8 Å². The standard InChI is InChI=1S/C12H17NO3S/c14-10(9-3-1-2-4-9)13-12(11(15)16)5-7-17-8-6-12/h1-2,9H,3-8H2,(H,13,14)(H,15,16). The minimum absolute atomic E-state index is 0.0687. The molecule has 0 bridgehead atoms. The molecule has 17 heavy (non-hydrogen) atoms. The van der Waals surface area contributed by atoms with Gasteiger partial charge in [0, 0.05) is 5.92 Å². The molecular weight excluding hydrogens is 238 g/mol. The highest BCUT2D eigenvalue weighted by molar-refractivity contribution is 7.99. The van der Waals surface area contributed by atoms with E-state index in [1.807, 2.05) is 12.2 Å². The first-order chi connectivity index (χ1) is 8.14. The van der Waals surface area contributed by atoms with Gasteiger partial charge >= 0.3 is 5.97 Å². The van der Waals surface area contributed by atoms with Gasteiger partial charge in [0.05, 0.1) is 0 Å². The van der Waals surface area contributed by atoms with Gasteiger partial charge in [-0.15, -0.1) is 0 Å². The summed E-state index contributed by atoms with van der Waals surface area (Å²) in [6, 6.07) is 0. The van der Waals surface area contributed by atoms with Crippen LogP contribution in [0.1, 0.15) is 25.7 Å². The molecule has 5 heteroatoms. The number of rotatable bonds is 3. The summed E-state index contributed by atoms with van der Waals surface area (Å²) in [5.41, 5.74) is -1.02. The van der Waals surface area contributed by atoms with Gasteiger partial charge < -0.3 is 10.4 Å². The summed E-state index contributed by atoms with van der Waals surface area (Å²) in [4.78, 5) is 23.4. The lowest BCUT2D eigenvalue weighted by molar-refractivity contribution is -0.148. The second-order valence-electron chi connectivity index (χ2n) is 4.63. The van der Waals surface area contributed by atoms with Crippen LogP contribution in [0.25, 0.3) is 0 Å². The fourth-order valence-electron chi connectivity index (χ4n) is 2.28. The van der Waals surface area contributed by atoms with Gasteiger partial charge in [0.25, 0.3) is 0 Å².